The predicted molar refractivity (Wildman–Crippen MR) is 103 cm³/mol. The lowest BCUT2D eigenvalue weighted by Gasteiger charge is -2.36. The summed E-state index contributed by atoms with van der Waals surface area (Å²) in [6.45, 7) is 7.33. The standard InChI is InChI=1S/C19H23BrFN3O2/c1-12-10-17(20)26-18(12)19(25)22-13(2)15-11-14(21)4-5-16(15)24-8-6-23(3)7-9-24/h4-5,10-11,13H,6-9H2,1-3H3,(H,22,25). The second kappa shape index (κ2) is 7.80. The third-order valence-corrected chi connectivity index (χ3v) is 5.13. The molecule has 0 saturated carbocycles. The summed E-state index contributed by atoms with van der Waals surface area (Å²) in [5.74, 6) is -0.355. The van der Waals surface area contributed by atoms with E-state index >= 15 is 0 Å². The average Bonchev–Trinajstić information content (AvgIpc) is 2.94. The van der Waals surface area contributed by atoms with E-state index in [2.05, 4.69) is 38.1 Å². The second-order valence-electron chi connectivity index (χ2n) is 6.75. The van der Waals surface area contributed by atoms with Crippen LogP contribution in [0.5, 0.6) is 0 Å². The summed E-state index contributed by atoms with van der Waals surface area (Å²) in [7, 11) is 2.09. The van der Waals surface area contributed by atoms with Crippen LogP contribution in [0.2, 0.25) is 0 Å². The molecule has 1 atom stereocenters. The highest BCUT2D eigenvalue weighted by Gasteiger charge is 2.23. The summed E-state index contributed by atoms with van der Waals surface area (Å²) in [4.78, 5) is 17.0. The van der Waals surface area contributed by atoms with E-state index in [1.165, 1.54) is 12.1 Å². The molecule has 1 aliphatic rings. The number of aryl methyl sites for hydroxylation is 1. The van der Waals surface area contributed by atoms with Crippen LogP contribution < -0.4 is 10.2 Å². The van der Waals surface area contributed by atoms with Gasteiger partial charge in [-0.3, -0.25) is 4.79 Å². The zero-order valence-corrected chi connectivity index (χ0v) is 16.8. The molecule has 3 rings (SSSR count). The maximum absolute atomic E-state index is 13.9. The highest BCUT2D eigenvalue weighted by Crippen LogP contribution is 2.29. The van der Waals surface area contributed by atoms with Crippen LogP contribution in [0.15, 0.2) is 33.4 Å². The monoisotopic (exact) mass is 423 g/mol. The molecule has 0 bridgehead atoms. The largest absolute Gasteiger partial charge is 0.444 e. The van der Waals surface area contributed by atoms with E-state index in [1.807, 2.05) is 13.8 Å². The molecule has 2 heterocycles. The molecule has 0 spiro atoms. The van der Waals surface area contributed by atoms with Crippen molar-refractivity contribution in [1.29, 1.82) is 0 Å². The number of furan rings is 1. The molecular formula is C19H23BrFN3O2. The highest BCUT2D eigenvalue weighted by molar-refractivity contribution is 9.10. The molecule has 1 aliphatic heterocycles. The van der Waals surface area contributed by atoms with Crippen molar-refractivity contribution in [3.05, 3.63) is 51.6 Å². The smallest absolute Gasteiger partial charge is 0.287 e. The Morgan fingerprint density at radius 3 is 2.58 bits per heavy atom. The molecule has 1 aromatic heterocycles. The summed E-state index contributed by atoms with van der Waals surface area (Å²) in [6, 6.07) is 6.17. The van der Waals surface area contributed by atoms with Gasteiger partial charge in [0.1, 0.15) is 5.82 Å². The molecule has 140 valence electrons. The van der Waals surface area contributed by atoms with Crippen molar-refractivity contribution in [2.75, 3.05) is 38.1 Å². The Morgan fingerprint density at radius 1 is 1.27 bits per heavy atom. The normalized spacial score (nSPS) is 16.6. The van der Waals surface area contributed by atoms with E-state index in [0.717, 1.165) is 43.0 Å². The van der Waals surface area contributed by atoms with Gasteiger partial charge in [-0.1, -0.05) is 0 Å². The first kappa shape index (κ1) is 18.9. The first-order valence-electron chi connectivity index (χ1n) is 8.65. The lowest BCUT2D eigenvalue weighted by atomic mass is 10.0. The fraction of sp³-hybridized carbons (Fsp3) is 0.421. The van der Waals surface area contributed by atoms with Gasteiger partial charge in [0.2, 0.25) is 0 Å². The minimum absolute atomic E-state index is 0.265. The molecular weight excluding hydrogens is 401 g/mol. The SMILES string of the molecule is Cc1cc(Br)oc1C(=O)NC(C)c1cc(F)ccc1N1CCN(C)CC1. The van der Waals surface area contributed by atoms with Crippen LogP contribution >= 0.6 is 15.9 Å². The molecule has 1 unspecified atom stereocenters. The number of nitrogens with one attached hydrogen (secondary N) is 1. The number of anilines is 1. The van der Waals surface area contributed by atoms with E-state index in [1.54, 1.807) is 12.1 Å². The lowest BCUT2D eigenvalue weighted by Crippen LogP contribution is -2.45. The predicted octanol–water partition coefficient (Wildman–Crippen LogP) is 3.73. The van der Waals surface area contributed by atoms with Crippen molar-refractivity contribution in [3.63, 3.8) is 0 Å². The molecule has 0 aliphatic carbocycles. The van der Waals surface area contributed by atoms with E-state index in [4.69, 9.17) is 4.42 Å². The van der Waals surface area contributed by atoms with Gasteiger partial charge in [-0.25, -0.2) is 4.39 Å². The van der Waals surface area contributed by atoms with Crippen molar-refractivity contribution in [3.8, 4) is 0 Å². The lowest BCUT2D eigenvalue weighted by molar-refractivity contribution is 0.0909. The fourth-order valence-corrected chi connectivity index (χ4v) is 3.72. The number of halogens is 2. The van der Waals surface area contributed by atoms with Gasteiger partial charge in [0.25, 0.3) is 5.91 Å². The average molecular weight is 424 g/mol. The Hall–Kier alpha value is -1.86. The second-order valence-corrected chi connectivity index (χ2v) is 7.53. The Bertz CT molecular complexity index is 800. The zero-order valence-electron chi connectivity index (χ0n) is 15.2. The maximum atomic E-state index is 13.9. The number of likely N-dealkylation sites (N-methyl/N-ethyl adjacent to an activating group) is 1. The van der Waals surface area contributed by atoms with Gasteiger partial charge in [0.05, 0.1) is 6.04 Å². The van der Waals surface area contributed by atoms with E-state index in [-0.39, 0.29) is 23.5 Å². The topological polar surface area (TPSA) is 48.7 Å². The van der Waals surface area contributed by atoms with Crippen LogP contribution in [-0.4, -0.2) is 44.0 Å². The van der Waals surface area contributed by atoms with E-state index in [0.29, 0.717) is 4.67 Å². The quantitative estimate of drug-likeness (QED) is 0.813. The first-order valence-corrected chi connectivity index (χ1v) is 9.44. The number of benzene rings is 1. The van der Waals surface area contributed by atoms with Gasteiger partial charge in [-0.2, -0.15) is 0 Å². The molecule has 1 aromatic carbocycles. The molecule has 1 N–H and O–H groups in total. The van der Waals surface area contributed by atoms with Crippen LogP contribution in [-0.2, 0) is 0 Å². The van der Waals surface area contributed by atoms with Gasteiger partial charge in [0.15, 0.2) is 10.4 Å². The van der Waals surface area contributed by atoms with Crippen molar-refractivity contribution in [2.45, 2.75) is 19.9 Å². The summed E-state index contributed by atoms with van der Waals surface area (Å²) in [5, 5.41) is 2.92. The van der Waals surface area contributed by atoms with Crippen LogP contribution in [0, 0.1) is 12.7 Å². The molecule has 2 aromatic rings. The Balaban J connectivity index is 1.82. The number of amides is 1. The Morgan fingerprint density at radius 2 is 1.96 bits per heavy atom. The number of hydrogen-bond donors (Lipinski definition) is 1. The van der Waals surface area contributed by atoms with E-state index < -0.39 is 0 Å². The molecule has 5 nitrogen and oxygen atoms in total. The number of carbonyl (C=O) groups excluding carboxylic acids is 1. The minimum atomic E-state index is -0.351. The third-order valence-electron chi connectivity index (χ3n) is 4.74. The maximum Gasteiger partial charge on any atom is 0.287 e. The molecule has 1 fully saturated rings. The molecule has 1 saturated heterocycles. The van der Waals surface area contributed by atoms with Gasteiger partial charge in [-0.15, -0.1) is 0 Å². The number of piperazine rings is 1. The van der Waals surface area contributed by atoms with Crippen LogP contribution in [0.3, 0.4) is 0 Å². The van der Waals surface area contributed by atoms with Gasteiger partial charge in [-0.05, 0) is 61.1 Å². The van der Waals surface area contributed by atoms with Crippen LogP contribution in [0.1, 0.15) is 34.6 Å². The number of nitrogens with zero attached hydrogens (tertiary/aromatic N) is 2. The molecule has 7 heteroatoms. The Labute approximate surface area is 161 Å². The van der Waals surface area contributed by atoms with Gasteiger partial charge >= 0.3 is 0 Å². The summed E-state index contributed by atoms with van der Waals surface area (Å²) < 4.78 is 19.8. The first-order chi connectivity index (χ1) is 12.3. The van der Waals surface area contributed by atoms with E-state index in [9.17, 15) is 9.18 Å². The van der Waals surface area contributed by atoms with Gasteiger partial charge in [0, 0.05) is 43.0 Å². The van der Waals surface area contributed by atoms with Crippen LogP contribution in [0.25, 0.3) is 0 Å². The molecule has 26 heavy (non-hydrogen) atoms. The zero-order chi connectivity index (χ0) is 18.8. The molecule has 1 amide bonds. The van der Waals surface area contributed by atoms with Gasteiger partial charge < -0.3 is 19.5 Å². The minimum Gasteiger partial charge on any atom is -0.444 e. The number of carbonyl (C=O) groups is 1. The summed E-state index contributed by atoms with van der Waals surface area (Å²) in [5.41, 5.74) is 2.48. The third kappa shape index (κ3) is 4.10. The molecule has 0 radical (unpaired) electrons. The van der Waals surface area contributed by atoms with Crippen molar-refractivity contribution in [2.24, 2.45) is 0 Å². The van der Waals surface area contributed by atoms with Crippen molar-refractivity contribution < 1.29 is 13.6 Å². The van der Waals surface area contributed by atoms with Crippen molar-refractivity contribution in [1.82, 2.24) is 10.2 Å². The number of rotatable bonds is 4. The van der Waals surface area contributed by atoms with Crippen LogP contribution in [0.4, 0.5) is 10.1 Å². The highest BCUT2D eigenvalue weighted by atomic mass is 79.9. The van der Waals surface area contributed by atoms with Crippen molar-refractivity contribution >= 4 is 27.5 Å². The summed E-state index contributed by atoms with van der Waals surface area (Å²) >= 11 is 3.23. The number of hydrogen-bond acceptors (Lipinski definition) is 4. The Kier molecular flexibility index (Phi) is 5.67. The summed E-state index contributed by atoms with van der Waals surface area (Å²) in [6.07, 6.45) is 0. The fourth-order valence-electron chi connectivity index (χ4n) is 3.22.